The van der Waals surface area contributed by atoms with E-state index in [1.54, 1.807) is 12.0 Å². The number of hydrogen-bond donors (Lipinski definition) is 4. The molecule has 0 radical (unpaired) electrons. The zero-order valence-electron chi connectivity index (χ0n) is 18.9. The van der Waals surface area contributed by atoms with Crippen molar-refractivity contribution in [3.05, 3.63) is 34.5 Å². The van der Waals surface area contributed by atoms with E-state index >= 15 is 0 Å². The fourth-order valence-electron chi connectivity index (χ4n) is 4.06. The average molecular weight is 410 g/mol. The SMILES string of the molecule is COC(C1=C(O)C(N(C)C2=C(NC(C)CCC(C)C)C(O)C2O)=CCC1)N(C)C. The second kappa shape index (κ2) is 9.98. The van der Waals surface area contributed by atoms with Gasteiger partial charge < -0.3 is 30.3 Å². The van der Waals surface area contributed by atoms with Crippen LogP contribution in [0, 0.1) is 5.92 Å². The summed E-state index contributed by atoms with van der Waals surface area (Å²) in [5, 5.41) is 35.1. The van der Waals surface area contributed by atoms with Crippen molar-refractivity contribution in [3.8, 4) is 0 Å². The molecule has 2 aliphatic rings. The summed E-state index contributed by atoms with van der Waals surface area (Å²) in [5.74, 6) is 0.790. The monoisotopic (exact) mass is 409 g/mol. The lowest BCUT2D eigenvalue weighted by molar-refractivity contribution is 0.00916. The molecule has 0 bridgehead atoms. The molecule has 29 heavy (non-hydrogen) atoms. The normalized spacial score (nSPS) is 24.6. The highest BCUT2D eigenvalue weighted by molar-refractivity contribution is 5.42. The number of methoxy groups -OCH3 is 1. The Morgan fingerprint density at radius 2 is 1.79 bits per heavy atom. The maximum absolute atomic E-state index is 11.0. The molecule has 0 aromatic rings. The van der Waals surface area contributed by atoms with Gasteiger partial charge in [-0.25, -0.2) is 0 Å². The molecule has 0 aromatic carbocycles. The highest BCUT2D eigenvalue weighted by atomic mass is 16.5. The predicted molar refractivity (Wildman–Crippen MR) is 115 cm³/mol. The molecule has 2 aliphatic carbocycles. The van der Waals surface area contributed by atoms with Crippen LogP contribution in [0.3, 0.4) is 0 Å². The van der Waals surface area contributed by atoms with Crippen LogP contribution in [-0.2, 0) is 4.74 Å². The first-order valence-electron chi connectivity index (χ1n) is 10.5. The molecule has 7 nitrogen and oxygen atoms in total. The Bertz CT molecular complexity index is 669. The first kappa shape index (κ1) is 23.7. The molecule has 166 valence electrons. The summed E-state index contributed by atoms with van der Waals surface area (Å²) >= 11 is 0. The minimum Gasteiger partial charge on any atom is -0.506 e. The second-order valence-corrected chi connectivity index (χ2v) is 8.82. The largest absolute Gasteiger partial charge is 0.506 e. The number of hydrogen-bond acceptors (Lipinski definition) is 7. The molecular weight excluding hydrogens is 370 g/mol. The summed E-state index contributed by atoms with van der Waals surface area (Å²) in [4.78, 5) is 3.70. The lowest BCUT2D eigenvalue weighted by atomic mass is 9.89. The van der Waals surface area contributed by atoms with Gasteiger partial charge in [0.2, 0.25) is 0 Å². The number of allylic oxidation sites excluding steroid dienone is 1. The smallest absolute Gasteiger partial charge is 0.142 e. The maximum atomic E-state index is 11.0. The van der Waals surface area contributed by atoms with Gasteiger partial charge in [0.1, 0.15) is 24.2 Å². The van der Waals surface area contributed by atoms with Crippen LogP contribution in [-0.4, -0.2) is 77.8 Å². The van der Waals surface area contributed by atoms with Crippen LogP contribution in [0.25, 0.3) is 0 Å². The molecule has 0 saturated heterocycles. The van der Waals surface area contributed by atoms with Gasteiger partial charge in [-0.3, -0.25) is 4.90 Å². The third-order valence-corrected chi connectivity index (χ3v) is 5.74. The Morgan fingerprint density at radius 1 is 1.14 bits per heavy atom. The molecule has 4 atom stereocenters. The minimum absolute atomic E-state index is 0.174. The van der Waals surface area contributed by atoms with Crippen molar-refractivity contribution in [1.82, 2.24) is 15.1 Å². The van der Waals surface area contributed by atoms with Crippen LogP contribution in [0.5, 0.6) is 0 Å². The number of aliphatic hydroxyl groups excluding tert-OH is 3. The Balaban J connectivity index is 2.26. The minimum atomic E-state index is -0.981. The summed E-state index contributed by atoms with van der Waals surface area (Å²) < 4.78 is 5.56. The topological polar surface area (TPSA) is 88.4 Å². The van der Waals surface area contributed by atoms with Gasteiger partial charge in [0.25, 0.3) is 0 Å². The number of likely N-dealkylation sites (N-methyl/N-ethyl adjacent to an activating group) is 2. The van der Waals surface area contributed by atoms with E-state index < -0.39 is 12.2 Å². The van der Waals surface area contributed by atoms with E-state index in [2.05, 4.69) is 26.1 Å². The molecule has 7 heteroatoms. The quantitative estimate of drug-likeness (QED) is 0.412. The first-order chi connectivity index (χ1) is 13.6. The Kier molecular flexibility index (Phi) is 8.17. The molecule has 0 aromatic heterocycles. The Morgan fingerprint density at radius 3 is 2.34 bits per heavy atom. The molecule has 2 rings (SSSR count). The van der Waals surface area contributed by atoms with Gasteiger partial charge in [-0.1, -0.05) is 19.9 Å². The van der Waals surface area contributed by atoms with Crippen LogP contribution < -0.4 is 5.32 Å². The van der Waals surface area contributed by atoms with Crippen LogP contribution in [0.1, 0.15) is 46.5 Å². The third kappa shape index (κ3) is 5.15. The van der Waals surface area contributed by atoms with Crippen molar-refractivity contribution in [3.63, 3.8) is 0 Å². The predicted octanol–water partition coefficient (Wildman–Crippen LogP) is 2.30. The number of nitrogens with one attached hydrogen (secondary N) is 1. The Labute approximate surface area is 175 Å². The van der Waals surface area contributed by atoms with E-state index in [0.717, 1.165) is 24.8 Å². The molecule has 0 spiro atoms. The molecule has 0 fully saturated rings. The number of aliphatic hydroxyl groups is 3. The summed E-state index contributed by atoms with van der Waals surface area (Å²) in [5.41, 5.74) is 2.68. The standard InChI is InChI=1S/C22H39N3O4/c1-13(2)11-12-14(3)23-17-18(21(28)20(17)27)25(6)16-10-8-9-15(19(16)26)22(29-7)24(4)5/h10,13-14,20-23,26-28H,8-9,11-12H2,1-7H3. The number of rotatable bonds is 10. The number of ether oxygens (including phenoxy) is 1. The summed E-state index contributed by atoms with van der Waals surface area (Å²) in [6.07, 6.45) is 3.29. The van der Waals surface area contributed by atoms with Gasteiger partial charge in [-0.2, -0.15) is 0 Å². The fraction of sp³-hybridized carbons (Fsp3) is 0.727. The van der Waals surface area contributed by atoms with Gasteiger partial charge in [-0.05, 0) is 52.6 Å². The van der Waals surface area contributed by atoms with Crippen molar-refractivity contribution in [2.75, 3.05) is 28.3 Å². The molecule has 4 unspecified atom stereocenters. The van der Waals surface area contributed by atoms with Crippen molar-refractivity contribution < 1.29 is 20.1 Å². The lowest BCUT2D eigenvalue weighted by Gasteiger charge is -2.43. The third-order valence-electron chi connectivity index (χ3n) is 5.74. The van der Waals surface area contributed by atoms with Crippen LogP contribution in [0.15, 0.2) is 34.5 Å². The molecular formula is C22H39N3O4. The molecule has 0 heterocycles. The number of nitrogens with zero attached hydrogens (tertiary/aromatic N) is 2. The second-order valence-electron chi connectivity index (χ2n) is 8.82. The molecule has 0 aliphatic heterocycles. The Hall–Kier alpha value is -1.54. The van der Waals surface area contributed by atoms with E-state index in [1.165, 1.54) is 0 Å². The van der Waals surface area contributed by atoms with Crippen molar-refractivity contribution in [2.45, 2.75) is 70.9 Å². The van der Waals surface area contributed by atoms with Crippen molar-refractivity contribution in [1.29, 1.82) is 0 Å². The molecule has 4 N–H and O–H groups in total. The molecule has 0 saturated carbocycles. The van der Waals surface area contributed by atoms with Gasteiger partial charge in [0.05, 0.1) is 17.1 Å². The van der Waals surface area contributed by atoms with E-state index in [-0.39, 0.29) is 18.0 Å². The van der Waals surface area contributed by atoms with Crippen LogP contribution in [0.4, 0.5) is 0 Å². The van der Waals surface area contributed by atoms with Crippen LogP contribution >= 0.6 is 0 Å². The summed E-state index contributed by atoms with van der Waals surface area (Å²) in [6, 6.07) is 0.185. The van der Waals surface area contributed by atoms with Gasteiger partial charge in [0.15, 0.2) is 0 Å². The van der Waals surface area contributed by atoms with Gasteiger partial charge in [-0.15, -0.1) is 0 Å². The summed E-state index contributed by atoms with van der Waals surface area (Å²) in [6.45, 7) is 6.47. The van der Waals surface area contributed by atoms with Crippen molar-refractivity contribution >= 4 is 0 Å². The van der Waals surface area contributed by atoms with E-state index in [1.807, 2.05) is 32.1 Å². The zero-order chi connectivity index (χ0) is 21.9. The van der Waals surface area contributed by atoms with E-state index in [0.29, 0.717) is 29.4 Å². The fourth-order valence-corrected chi connectivity index (χ4v) is 4.06. The van der Waals surface area contributed by atoms with Crippen LogP contribution in [0.2, 0.25) is 0 Å². The first-order valence-corrected chi connectivity index (χ1v) is 10.5. The maximum Gasteiger partial charge on any atom is 0.142 e. The zero-order valence-corrected chi connectivity index (χ0v) is 18.9. The summed E-state index contributed by atoms with van der Waals surface area (Å²) in [7, 11) is 7.26. The van der Waals surface area contributed by atoms with E-state index in [4.69, 9.17) is 4.74 Å². The highest BCUT2D eigenvalue weighted by Gasteiger charge is 2.42. The molecule has 0 amide bonds. The average Bonchev–Trinajstić information content (AvgIpc) is 2.67. The van der Waals surface area contributed by atoms with Gasteiger partial charge in [0, 0.05) is 25.8 Å². The van der Waals surface area contributed by atoms with Gasteiger partial charge >= 0.3 is 0 Å². The van der Waals surface area contributed by atoms with E-state index in [9.17, 15) is 15.3 Å². The van der Waals surface area contributed by atoms with Crippen molar-refractivity contribution in [2.24, 2.45) is 5.92 Å². The highest BCUT2D eigenvalue weighted by Crippen LogP contribution is 2.37. The lowest BCUT2D eigenvalue weighted by Crippen LogP contribution is -2.53.